The highest BCUT2D eigenvalue weighted by atomic mass is 16.2. The van der Waals surface area contributed by atoms with Crippen molar-refractivity contribution in [3.05, 3.63) is 54.2 Å². The smallest absolute Gasteiger partial charge is 0.248 e. The Labute approximate surface area is 131 Å². The Balaban J connectivity index is 1.62. The highest BCUT2D eigenvalue weighted by Crippen LogP contribution is 2.24. The average Bonchev–Trinajstić information content (AvgIpc) is 2.55. The first-order valence-electron chi connectivity index (χ1n) is 7.92. The van der Waals surface area contributed by atoms with E-state index in [4.69, 9.17) is 0 Å². The minimum Gasteiger partial charge on any atom is -0.339 e. The lowest BCUT2D eigenvalue weighted by atomic mass is 9.89. The third-order valence-electron chi connectivity index (χ3n) is 4.46. The number of hydrogen-bond donors (Lipinski definition) is 0. The zero-order chi connectivity index (χ0) is 15.5. The van der Waals surface area contributed by atoms with Crippen LogP contribution >= 0.6 is 0 Å². The number of carbonyl (C=O) groups is 1. The predicted octanol–water partition coefficient (Wildman–Crippen LogP) is 3.59. The number of piperidine rings is 1. The average molecular weight is 294 g/mol. The zero-order valence-electron chi connectivity index (χ0n) is 13.1. The van der Waals surface area contributed by atoms with Crippen molar-refractivity contribution < 1.29 is 4.79 Å². The van der Waals surface area contributed by atoms with Gasteiger partial charge in [0, 0.05) is 30.2 Å². The summed E-state index contributed by atoms with van der Waals surface area (Å²) in [5.41, 5.74) is 3.05. The minimum absolute atomic E-state index is 0.107. The topological polar surface area (TPSA) is 33.2 Å². The molecule has 1 fully saturated rings. The van der Waals surface area contributed by atoms with Crippen molar-refractivity contribution in [2.45, 2.75) is 26.2 Å². The number of nitrogens with zero attached hydrogens (tertiary/aromatic N) is 2. The van der Waals surface area contributed by atoms with Crippen LogP contribution in [-0.2, 0) is 11.2 Å². The summed E-state index contributed by atoms with van der Waals surface area (Å²) in [5.74, 6) is 0.763. The van der Waals surface area contributed by atoms with E-state index >= 15 is 0 Å². The van der Waals surface area contributed by atoms with Crippen molar-refractivity contribution in [3.8, 4) is 0 Å². The van der Waals surface area contributed by atoms with Crippen molar-refractivity contribution >= 4 is 16.8 Å². The van der Waals surface area contributed by atoms with Crippen molar-refractivity contribution in [1.29, 1.82) is 0 Å². The highest BCUT2D eigenvalue weighted by Gasteiger charge is 2.23. The molecule has 0 bridgehead atoms. The van der Waals surface area contributed by atoms with E-state index < -0.39 is 0 Å². The fourth-order valence-corrected chi connectivity index (χ4v) is 3.20. The molecular weight excluding hydrogens is 272 g/mol. The van der Waals surface area contributed by atoms with Crippen molar-refractivity contribution in [3.63, 3.8) is 0 Å². The van der Waals surface area contributed by atoms with E-state index in [-0.39, 0.29) is 5.91 Å². The zero-order valence-corrected chi connectivity index (χ0v) is 13.1. The molecule has 1 amide bonds. The second-order valence-electron chi connectivity index (χ2n) is 6.25. The van der Waals surface area contributed by atoms with Gasteiger partial charge in [0.15, 0.2) is 0 Å². The van der Waals surface area contributed by atoms with Crippen LogP contribution in [0.1, 0.15) is 25.3 Å². The molecule has 2 heterocycles. The molecule has 0 unspecified atom stereocenters. The SMILES string of the molecule is C=C(C)C(=O)N1CCC(Cc2ccc3ncccc3c2)CC1. The summed E-state index contributed by atoms with van der Waals surface area (Å²) in [4.78, 5) is 18.2. The maximum absolute atomic E-state index is 11.9. The summed E-state index contributed by atoms with van der Waals surface area (Å²) in [6.07, 6.45) is 5.06. The summed E-state index contributed by atoms with van der Waals surface area (Å²) >= 11 is 0. The molecule has 2 aromatic rings. The van der Waals surface area contributed by atoms with E-state index in [0.717, 1.165) is 37.9 Å². The Morgan fingerprint density at radius 1 is 1.32 bits per heavy atom. The molecular formula is C19H22N2O. The Morgan fingerprint density at radius 2 is 2.09 bits per heavy atom. The molecule has 3 heteroatoms. The van der Waals surface area contributed by atoms with Gasteiger partial charge in [-0.2, -0.15) is 0 Å². The van der Waals surface area contributed by atoms with Gasteiger partial charge in [0.2, 0.25) is 5.91 Å². The van der Waals surface area contributed by atoms with Crippen LogP contribution in [0.25, 0.3) is 10.9 Å². The van der Waals surface area contributed by atoms with Crippen LogP contribution in [0, 0.1) is 5.92 Å². The molecule has 0 radical (unpaired) electrons. The van der Waals surface area contributed by atoms with Gasteiger partial charge in [-0.1, -0.05) is 18.7 Å². The van der Waals surface area contributed by atoms with Gasteiger partial charge in [0.05, 0.1) is 5.52 Å². The van der Waals surface area contributed by atoms with Gasteiger partial charge in [-0.3, -0.25) is 9.78 Å². The van der Waals surface area contributed by atoms with E-state index in [2.05, 4.69) is 35.8 Å². The number of amides is 1. The van der Waals surface area contributed by atoms with Crippen LogP contribution in [-0.4, -0.2) is 28.9 Å². The lowest BCUT2D eigenvalue weighted by molar-refractivity contribution is -0.128. The van der Waals surface area contributed by atoms with Crippen LogP contribution in [0.15, 0.2) is 48.7 Å². The standard InChI is InChI=1S/C19H22N2O/c1-14(2)19(22)21-10-7-15(8-11-21)12-16-5-6-18-17(13-16)4-3-9-20-18/h3-6,9,13,15H,1,7-8,10-12H2,2H3. The lowest BCUT2D eigenvalue weighted by Gasteiger charge is -2.32. The fourth-order valence-electron chi connectivity index (χ4n) is 3.20. The number of fused-ring (bicyclic) bond motifs is 1. The monoisotopic (exact) mass is 294 g/mol. The number of rotatable bonds is 3. The predicted molar refractivity (Wildman–Crippen MR) is 89.6 cm³/mol. The van der Waals surface area contributed by atoms with E-state index in [0.29, 0.717) is 11.5 Å². The van der Waals surface area contributed by atoms with Gasteiger partial charge in [0.25, 0.3) is 0 Å². The molecule has 1 aliphatic rings. The van der Waals surface area contributed by atoms with Crippen LogP contribution < -0.4 is 0 Å². The number of aromatic nitrogens is 1. The third kappa shape index (κ3) is 3.19. The lowest BCUT2D eigenvalue weighted by Crippen LogP contribution is -2.39. The van der Waals surface area contributed by atoms with E-state index in [9.17, 15) is 4.79 Å². The first-order chi connectivity index (χ1) is 10.6. The van der Waals surface area contributed by atoms with Gasteiger partial charge in [-0.25, -0.2) is 0 Å². The van der Waals surface area contributed by atoms with Gasteiger partial charge in [-0.15, -0.1) is 0 Å². The molecule has 0 aliphatic carbocycles. The molecule has 114 valence electrons. The second kappa shape index (κ2) is 6.30. The summed E-state index contributed by atoms with van der Waals surface area (Å²) in [6, 6.07) is 10.6. The molecule has 1 saturated heterocycles. The maximum Gasteiger partial charge on any atom is 0.248 e. The highest BCUT2D eigenvalue weighted by molar-refractivity contribution is 5.92. The quantitative estimate of drug-likeness (QED) is 0.810. The fraction of sp³-hybridized carbons (Fsp3) is 0.368. The number of carbonyl (C=O) groups excluding carboxylic acids is 1. The number of pyridine rings is 1. The number of likely N-dealkylation sites (tertiary alicyclic amines) is 1. The molecule has 0 saturated carbocycles. The molecule has 0 N–H and O–H groups in total. The molecule has 1 aromatic heterocycles. The Hall–Kier alpha value is -2.16. The largest absolute Gasteiger partial charge is 0.339 e. The van der Waals surface area contributed by atoms with E-state index in [1.165, 1.54) is 10.9 Å². The Morgan fingerprint density at radius 3 is 2.82 bits per heavy atom. The second-order valence-corrected chi connectivity index (χ2v) is 6.25. The molecule has 0 atom stereocenters. The Kier molecular flexibility index (Phi) is 4.23. The maximum atomic E-state index is 11.9. The van der Waals surface area contributed by atoms with E-state index in [1.807, 2.05) is 17.2 Å². The normalized spacial score (nSPS) is 16.0. The van der Waals surface area contributed by atoms with Crippen molar-refractivity contribution in [2.24, 2.45) is 5.92 Å². The molecule has 22 heavy (non-hydrogen) atoms. The van der Waals surface area contributed by atoms with Crippen molar-refractivity contribution in [2.75, 3.05) is 13.1 Å². The summed E-state index contributed by atoms with van der Waals surface area (Å²) < 4.78 is 0. The molecule has 1 aromatic carbocycles. The van der Waals surface area contributed by atoms with Crippen LogP contribution in [0.5, 0.6) is 0 Å². The minimum atomic E-state index is 0.107. The van der Waals surface area contributed by atoms with Crippen molar-refractivity contribution in [1.82, 2.24) is 9.88 Å². The number of benzene rings is 1. The molecule has 3 nitrogen and oxygen atoms in total. The van der Waals surface area contributed by atoms with Gasteiger partial charge < -0.3 is 4.90 Å². The molecule has 3 rings (SSSR count). The van der Waals surface area contributed by atoms with Gasteiger partial charge >= 0.3 is 0 Å². The number of hydrogen-bond acceptors (Lipinski definition) is 2. The van der Waals surface area contributed by atoms with Gasteiger partial charge in [-0.05, 0) is 55.9 Å². The van der Waals surface area contributed by atoms with Crippen LogP contribution in [0.2, 0.25) is 0 Å². The summed E-state index contributed by atoms with van der Waals surface area (Å²) in [6.45, 7) is 7.24. The van der Waals surface area contributed by atoms with E-state index in [1.54, 1.807) is 6.92 Å². The third-order valence-corrected chi connectivity index (χ3v) is 4.46. The molecule has 1 aliphatic heterocycles. The first kappa shape index (κ1) is 14.8. The van der Waals surface area contributed by atoms with Crippen LogP contribution in [0.4, 0.5) is 0 Å². The van der Waals surface area contributed by atoms with Crippen LogP contribution in [0.3, 0.4) is 0 Å². The van der Waals surface area contributed by atoms with Gasteiger partial charge in [0.1, 0.15) is 0 Å². The summed E-state index contributed by atoms with van der Waals surface area (Å²) in [5, 5.41) is 1.20. The molecule has 0 spiro atoms. The first-order valence-corrected chi connectivity index (χ1v) is 7.92. The summed E-state index contributed by atoms with van der Waals surface area (Å²) in [7, 11) is 0. The Bertz CT molecular complexity index is 699.